The molecule has 0 bridgehead atoms. The molecule has 9 heteroatoms. The molecule has 2 aromatic rings. The van der Waals surface area contributed by atoms with Crippen LogP contribution in [0.1, 0.15) is 22.4 Å². The third-order valence-electron chi connectivity index (χ3n) is 3.94. The maximum absolute atomic E-state index is 14.1. The molecular formula is C15H14F4N4O. The Morgan fingerprint density at radius 3 is 2.79 bits per heavy atom. The highest BCUT2D eigenvalue weighted by Crippen LogP contribution is 2.33. The Morgan fingerprint density at radius 2 is 2.08 bits per heavy atom. The van der Waals surface area contributed by atoms with Gasteiger partial charge >= 0.3 is 6.18 Å². The Hall–Kier alpha value is -2.42. The summed E-state index contributed by atoms with van der Waals surface area (Å²) in [7, 11) is 0. The second-order valence-corrected chi connectivity index (χ2v) is 5.61. The van der Waals surface area contributed by atoms with Gasteiger partial charge in [0.25, 0.3) is 5.56 Å². The lowest BCUT2D eigenvalue weighted by atomic mass is 10.0. The van der Waals surface area contributed by atoms with Crippen molar-refractivity contribution in [2.24, 2.45) is 0 Å². The van der Waals surface area contributed by atoms with Gasteiger partial charge < -0.3 is 5.73 Å². The number of nitrogens with zero attached hydrogens (tertiary/aromatic N) is 2. The summed E-state index contributed by atoms with van der Waals surface area (Å²) in [4.78, 5) is 20.0. The van der Waals surface area contributed by atoms with Gasteiger partial charge in [0.05, 0.1) is 16.8 Å². The molecular weight excluding hydrogens is 328 g/mol. The number of H-pyrrole nitrogens is 1. The first-order chi connectivity index (χ1) is 11.3. The zero-order chi connectivity index (χ0) is 17.5. The maximum Gasteiger partial charge on any atom is 0.419 e. The van der Waals surface area contributed by atoms with Crippen molar-refractivity contribution in [2.75, 3.05) is 12.3 Å². The fraction of sp³-hybridized carbons (Fsp3) is 0.333. The SMILES string of the molecule is Nc1nc2c(c(=O)[nH]1)CN(Cc1cccc(C(F)(F)F)c1F)CC2. The molecule has 0 fully saturated rings. The third-order valence-corrected chi connectivity index (χ3v) is 3.94. The third kappa shape index (κ3) is 3.12. The number of aromatic amines is 1. The lowest BCUT2D eigenvalue weighted by Crippen LogP contribution is -2.35. The van der Waals surface area contributed by atoms with Crippen molar-refractivity contribution in [3.63, 3.8) is 0 Å². The van der Waals surface area contributed by atoms with Gasteiger partial charge in [-0.05, 0) is 6.07 Å². The molecule has 1 aliphatic rings. The van der Waals surface area contributed by atoms with Crippen molar-refractivity contribution < 1.29 is 17.6 Å². The Labute approximate surface area is 134 Å². The number of fused-ring (bicyclic) bond motifs is 1. The summed E-state index contributed by atoms with van der Waals surface area (Å²) in [6, 6.07) is 3.20. The van der Waals surface area contributed by atoms with E-state index in [0.29, 0.717) is 30.3 Å². The van der Waals surface area contributed by atoms with Crippen LogP contribution < -0.4 is 11.3 Å². The van der Waals surface area contributed by atoms with Gasteiger partial charge in [0.2, 0.25) is 5.95 Å². The quantitative estimate of drug-likeness (QED) is 0.820. The van der Waals surface area contributed by atoms with Crippen molar-refractivity contribution in [3.05, 3.63) is 56.8 Å². The predicted octanol–water partition coefficient (Wildman–Crippen LogP) is 2.07. The van der Waals surface area contributed by atoms with Gasteiger partial charge in [0.15, 0.2) is 0 Å². The fourth-order valence-corrected chi connectivity index (χ4v) is 2.80. The van der Waals surface area contributed by atoms with Gasteiger partial charge in [0, 0.05) is 31.6 Å². The Kier molecular flexibility index (Phi) is 4.04. The van der Waals surface area contributed by atoms with Crippen LogP contribution in [0.4, 0.5) is 23.5 Å². The smallest absolute Gasteiger partial charge is 0.369 e. The number of nitrogens with one attached hydrogen (secondary N) is 1. The van der Waals surface area contributed by atoms with Crippen molar-refractivity contribution >= 4 is 5.95 Å². The fourth-order valence-electron chi connectivity index (χ4n) is 2.80. The number of hydrogen-bond donors (Lipinski definition) is 2. The molecule has 0 amide bonds. The van der Waals surface area contributed by atoms with Crippen LogP contribution in [0.3, 0.4) is 0 Å². The van der Waals surface area contributed by atoms with E-state index in [4.69, 9.17) is 5.73 Å². The lowest BCUT2D eigenvalue weighted by molar-refractivity contribution is -0.140. The van der Waals surface area contributed by atoms with Gasteiger partial charge in [-0.2, -0.15) is 13.2 Å². The molecule has 24 heavy (non-hydrogen) atoms. The first-order valence-electron chi connectivity index (χ1n) is 7.20. The molecule has 2 heterocycles. The first-order valence-corrected chi connectivity index (χ1v) is 7.20. The predicted molar refractivity (Wildman–Crippen MR) is 78.5 cm³/mol. The van der Waals surface area contributed by atoms with Crippen LogP contribution in [0.15, 0.2) is 23.0 Å². The van der Waals surface area contributed by atoms with Crippen LogP contribution in [0, 0.1) is 5.82 Å². The number of benzene rings is 1. The first kappa shape index (κ1) is 16.4. The molecule has 1 aromatic heterocycles. The summed E-state index contributed by atoms with van der Waals surface area (Å²) in [5.74, 6) is -1.25. The number of nitrogen functional groups attached to an aromatic ring is 1. The van der Waals surface area contributed by atoms with E-state index < -0.39 is 17.6 Å². The lowest BCUT2D eigenvalue weighted by Gasteiger charge is -2.27. The van der Waals surface area contributed by atoms with E-state index in [1.165, 1.54) is 12.1 Å². The number of anilines is 1. The van der Waals surface area contributed by atoms with E-state index in [1.807, 2.05) is 0 Å². The van der Waals surface area contributed by atoms with Gasteiger partial charge in [-0.3, -0.25) is 14.7 Å². The molecule has 3 N–H and O–H groups in total. The van der Waals surface area contributed by atoms with Gasteiger partial charge in [-0.1, -0.05) is 12.1 Å². The van der Waals surface area contributed by atoms with E-state index in [9.17, 15) is 22.4 Å². The van der Waals surface area contributed by atoms with Crippen LogP contribution in [0.25, 0.3) is 0 Å². The second-order valence-electron chi connectivity index (χ2n) is 5.61. The molecule has 0 saturated heterocycles. The molecule has 1 aromatic carbocycles. The summed E-state index contributed by atoms with van der Waals surface area (Å²) < 4.78 is 52.4. The molecule has 5 nitrogen and oxygen atoms in total. The molecule has 128 valence electrons. The number of rotatable bonds is 2. The highest BCUT2D eigenvalue weighted by atomic mass is 19.4. The minimum Gasteiger partial charge on any atom is -0.369 e. The minimum atomic E-state index is -4.74. The molecule has 0 atom stereocenters. The highest BCUT2D eigenvalue weighted by molar-refractivity contribution is 5.30. The summed E-state index contributed by atoms with van der Waals surface area (Å²) in [6.45, 7) is 0.589. The van der Waals surface area contributed by atoms with Crippen LogP contribution in [0.5, 0.6) is 0 Å². The molecule has 0 radical (unpaired) electrons. The van der Waals surface area contributed by atoms with Crippen LogP contribution in [0.2, 0.25) is 0 Å². The van der Waals surface area contributed by atoms with E-state index in [2.05, 4.69) is 9.97 Å². The number of alkyl halides is 3. The van der Waals surface area contributed by atoms with Crippen molar-refractivity contribution in [1.82, 2.24) is 14.9 Å². The molecule has 0 spiro atoms. The van der Waals surface area contributed by atoms with Crippen molar-refractivity contribution in [1.29, 1.82) is 0 Å². The largest absolute Gasteiger partial charge is 0.419 e. The van der Waals surface area contributed by atoms with Gasteiger partial charge in [0.1, 0.15) is 5.82 Å². The summed E-state index contributed by atoms with van der Waals surface area (Å²) >= 11 is 0. The van der Waals surface area contributed by atoms with Gasteiger partial charge in [-0.15, -0.1) is 0 Å². The number of nitrogens with two attached hydrogens (primary N) is 1. The number of aromatic nitrogens is 2. The van der Waals surface area contributed by atoms with Crippen LogP contribution in [-0.2, 0) is 25.7 Å². The molecule has 0 unspecified atom stereocenters. The molecule has 3 rings (SSSR count). The average molecular weight is 342 g/mol. The maximum atomic E-state index is 14.1. The molecule has 0 aliphatic carbocycles. The zero-order valence-electron chi connectivity index (χ0n) is 12.5. The number of hydrogen-bond acceptors (Lipinski definition) is 4. The van der Waals surface area contributed by atoms with E-state index in [0.717, 1.165) is 0 Å². The zero-order valence-corrected chi connectivity index (χ0v) is 12.5. The van der Waals surface area contributed by atoms with Crippen molar-refractivity contribution in [2.45, 2.75) is 25.7 Å². The second kappa shape index (κ2) is 5.90. The highest BCUT2D eigenvalue weighted by Gasteiger charge is 2.35. The normalized spacial score (nSPS) is 15.3. The number of halogens is 4. The van der Waals surface area contributed by atoms with E-state index >= 15 is 0 Å². The Bertz CT molecular complexity index is 831. The average Bonchev–Trinajstić information content (AvgIpc) is 2.48. The monoisotopic (exact) mass is 342 g/mol. The summed E-state index contributed by atoms with van der Waals surface area (Å²) in [5.41, 5.74) is 4.72. The topological polar surface area (TPSA) is 75.0 Å². The van der Waals surface area contributed by atoms with Gasteiger partial charge in [-0.25, -0.2) is 9.37 Å². The molecule has 1 aliphatic heterocycles. The Morgan fingerprint density at radius 1 is 1.33 bits per heavy atom. The minimum absolute atomic E-state index is 0.0242. The van der Waals surface area contributed by atoms with E-state index in [-0.39, 0.29) is 30.2 Å². The summed E-state index contributed by atoms with van der Waals surface area (Å²) in [6.07, 6.45) is -4.32. The van der Waals surface area contributed by atoms with Crippen LogP contribution in [-0.4, -0.2) is 21.4 Å². The molecule has 0 saturated carbocycles. The summed E-state index contributed by atoms with van der Waals surface area (Å²) in [5, 5.41) is 0. The van der Waals surface area contributed by atoms with Crippen LogP contribution >= 0.6 is 0 Å². The standard InChI is InChI=1S/C15H14F4N4O/c16-12-8(2-1-3-10(12)15(17,18)19)6-23-5-4-11-9(7-23)13(24)22-14(20)21-11/h1-3H,4-7H2,(H3,20,21,22,24). The van der Waals surface area contributed by atoms with Crippen molar-refractivity contribution in [3.8, 4) is 0 Å². The Balaban J connectivity index is 1.85. The van der Waals surface area contributed by atoms with E-state index in [1.54, 1.807) is 4.90 Å².